The van der Waals surface area contributed by atoms with Crippen LogP contribution in [0.4, 0.5) is 13.2 Å². The zero-order valence-corrected chi connectivity index (χ0v) is 9.20. The highest BCUT2D eigenvalue weighted by molar-refractivity contribution is 5.36. The molecule has 0 amide bonds. The molecule has 0 saturated carbocycles. The van der Waals surface area contributed by atoms with Gasteiger partial charge in [0, 0.05) is 11.8 Å². The first kappa shape index (κ1) is 14.3. The lowest BCUT2D eigenvalue weighted by atomic mass is 10.3. The van der Waals surface area contributed by atoms with Crippen molar-refractivity contribution >= 4 is 0 Å². The fraction of sp³-hybridized carbons (Fsp3) is 0.364. The van der Waals surface area contributed by atoms with E-state index in [0.717, 1.165) is 0 Å². The number of hydrogen-bond acceptors (Lipinski definition) is 4. The van der Waals surface area contributed by atoms with Crippen molar-refractivity contribution < 1.29 is 27.8 Å². The second kappa shape index (κ2) is 6.83. The smallest absolute Gasteiger partial charge is 0.490 e. The summed E-state index contributed by atoms with van der Waals surface area (Å²) < 4.78 is 43.5. The first-order valence-corrected chi connectivity index (χ1v) is 4.89. The molecule has 4 nitrogen and oxygen atoms in total. The molecule has 0 radical (unpaired) electrons. The molecule has 1 N–H and O–H groups in total. The molecule has 1 aromatic heterocycles. The molecule has 7 heteroatoms. The standard InChI is InChI=1S/C11H10F3NO3/c12-11(13,14)18-5-4-17-10-6-9(2-1-3-16)7-15-8-10/h6-8,16H,3-5H2. The molecule has 0 unspecified atom stereocenters. The minimum atomic E-state index is -4.66. The second-order valence-corrected chi connectivity index (χ2v) is 3.01. The van der Waals surface area contributed by atoms with E-state index >= 15 is 0 Å². The Bertz CT molecular complexity index is 437. The number of rotatable bonds is 4. The lowest BCUT2D eigenvalue weighted by molar-refractivity contribution is -0.325. The van der Waals surface area contributed by atoms with Crippen LogP contribution in [0, 0.1) is 11.8 Å². The molecule has 1 aromatic rings. The Hall–Kier alpha value is -1.78. The van der Waals surface area contributed by atoms with Crippen molar-refractivity contribution in [3.8, 4) is 17.6 Å². The molecule has 0 aliphatic heterocycles. The molecule has 18 heavy (non-hydrogen) atoms. The van der Waals surface area contributed by atoms with Gasteiger partial charge in [-0.1, -0.05) is 11.8 Å². The molecule has 0 atom stereocenters. The lowest BCUT2D eigenvalue weighted by Gasteiger charge is -2.08. The first-order valence-electron chi connectivity index (χ1n) is 4.89. The van der Waals surface area contributed by atoms with E-state index in [1.54, 1.807) is 0 Å². The molecule has 1 heterocycles. The Morgan fingerprint density at radius 1 is 1.28 bits per heavy atom. The van der Waals surface area contributed by atoms with E-state index in [2.05, 4.69) is 21.6 Å². The Balaban J connectivity index is 2.43. The average molecular weight is 261 g/mol. The number of aromatic nitrogens is 1. The number of hydrogen-bond donors (Lipinski definition) is 1. The average Bonchev–Trinajstić information content (AvgIpc) is 2.31. The van der Waals surface area contributed by atoms with Crippen LogP contribution in [-0.2, 0) is 4.74 Å². The summed E-state index contributed by atoms with van der Waals surface area (Å²) in [6, 6.07) is 1.50. The molecule has 0 aromatic carbocycles. The van der Waals surface area contributed by atoms with Crippen molar-refractivity contribution in [1.82, 2.24) is 4.98 Å². The Labute approximate surface area is 101 Å². The van der Waals surface area contributed by atoms with Crippen molar-refractivity contribution in [2.24, 2.45) is 0 Å². The molecule has 0 fully saturated rings. The normalized spacial score (nSPS) is 10.7. The van der Waals surface area contributed by atoms with Crippen molar-refractivity contribution in [2.75, 3.05) is 19.8 Å². The molecule has 0 saturated heterocycles. The van der Waals surface area contributed by atoms with Crippen LogP contribution < -0.4 is 4.74 Å². The Morgan fingerprint density at radius 3 is 2.72 bits per heavy atom. The molecular weight excluding hydrogens is 251 g/mol. The van der Waals surface area contributed by atoms with Gasteiger partial charge in [-0.25, -0.2) is 0 Å². The molecule has 0 spiro atoms. The van der Waals surface area contributed by atoms with Gasteiger partial charge in [0.15, 0.2) is 0 Å². The maximum absolute atomic E-state index is 11.7. The molecule has 98 valence electrons. The highest BCUT2D eigenvalue weighted by Gasteiger charge is 2.28. The molecule has 0 aliphatic rings. The van der Waals surface area contributed by atoms with Gasteiger partial charge in [0.25, 0.3) is 0 Å². The van der Waals surface area contributed by atoms with Gasteiger partial charge in [-0.05, 0) is 6.07 Å². The summed E-state index contributed by atoms with van der Waals surface area (Å²) in [6.07, 6.45) is -1.87. The summed E-state index contributed by atoms with van der Waals surface area (Å²) >= 11 is 0. The second-order valence-electron chi connectivity index (χ2n) is 3.01. The zero-order valence-electron chi connectivity index (χ0n) is 9.20. The Kier molecular flexibility index (Phi) is 5.42. The zero-order chi connectivity index (χ0) is 13.4. The number of nitrogens with zero attached hydrogens (tertiary/aromatic N) is 1. The summed E-state index contributed by atoms with van der Waals surface area (Å²) in [5.41, 5.74) is 0.498. The van der Waals surface area contributed by atoms with Crippen LogP contribution >= 0.6 is 0 Å². The summed E-state index contributed by atoms with van der Waals surface area (Å²) in [7, 11) is 0. The highest BCUT2D eigenvalue weighted by Crippen LogP contribution is 2.16. The fourth-order valence-corrected chi connectivity index (χ4v) is 1.02. The number of ether oxygens (including phenoxy) is 2. The van der Waals surface area contributed by atoms with E-state index in [1.165, 1.54) is 18.5 Å². The van der Waals surface area contributed by atoms with Gasteiger partial charge in [-0.3, -0.25) is 9.72 Å². The predicted octanol–water partition coefficient (Wildman–Crippen LogP) is 1.34. The van der Waals surface area contributed by atoms with Crippen LogP contribution in [0.5, 0.6) is 5.75 Å². The van der Waals surface area contributed by atoms with Gasteiger partial charge in [0.2, 0.25) is 0 Å². The molecular formula is C11H10F3NO3. The van der Waals surface area contributed by atoms with Gasteiger partial charge in [-0.15, -0.1) is 13.2 Å². The van der Waals surface area contributed by atoms with Gasteiger partial charge >= 0.3 is 6.36 Å². The van der Waals surface area contributed by atoms with E-state index in [-0.39, 0.29) is 19.0 Å². The monoisotopic (exact) mass is 261 g/mol. The van der Waals surface area contributed by atoms with Crippen molar-refractivity contribution in [3.63, 3.8) is 0 Å². The Morgan fingerprint density at radius 2 is 2.06 bits per heavy atom. The molecule has 0 bridgehead atoms. The number of aliphatic hydroxyl groups is 1. The minimum absolute atomic E-state index is 0.252. The van der Waals surface area contributed by atoms with Crippen LogP contribution in [-0.4, -0.2) is 36.3 Å². The van der Waals surface area contributed by atoms with Gasteiger partial charge in [0.1, 0.15) is 19.0 Å². The van der Waals surface area contributed by atoms with E-state index in [9.17, 15) is 13.2 Å². The number of pyridine rings is 1. The molecule has 1 rings (SSSR count). The third kappa shape index (κ3) is 6.08. The first-order chi connectivity index (χ1) is 8.51. The lowest BCUT2D eigenvalue weighted by Crippen LogP contribution is -2.18. The maximum atomic E-state index is 11.7. The van der Waals surface area contributed by atoms with E-state index in [0.29, 0.717) is 5.56 Å². The van der Waals surface area contributed by atoms with E-state index in [4.69, 9.17) is 9.84 Å². The van der Waals surface area contributed by atoms with Crippen LogP contribution in [0.3, 0.4) is 0 Å². The van der Waals surface area contributed by atoms with Crippen LogP contribution in [0.2, 0.25) is 0 Å². The van der Waals surface area contributed by atoms with Crippen LogP contribution in [0.1, 0.15) is 5.56 Å². The fourth-order valence-electron chi connectivity index (χ4n) is 1.02. The quantitative estimate of drug-likeness (QED) is 0.656. The van der Waals surface area contributed by atoms with Crippen molar-refractivity contribution in [3.05, 3.63) is 24.0 Å². The number of halogens is 3. The maximum Gasteiger partial charge on any atom is 0.522 e. The number of alkyl halides is 3. The summed E-state index contributed by atoms with van der Waals surface area (Å²) in [5, 5.41) is 8.50. The third-order valence-electron chi connectivity index (χ3n) is 1.64. The third-order valence-corrected chi connectivity index (χ3v) is 1.64. The summed E-state index contributed by atoms with van der Waals surface area (Å²) in [4.78, 5) is 3.79. The minimum Gasteiger partial charge on any atom is -0.490 e. The molecule has 0 aliphatic carbocycles. The largest absolute Gasteiger partial charge is 0.522 e. The van der Waals surface area contributed by atoms with E-state index in [1.807, 2.05) is 0 Å². The predicted molar refractivity (Wildman–Crippen MR) is 55.7 cm³/mol. The van der Waals surface area contributed by atoms with Gasteiger partial charge in [-0.2, -0.15) is 0 Å². The van der Waals surface area contributed by atoms with Crippen LogP contribution in [0.25, 0.3) is 0 Å². The van der Waals surface area contributed by atoms with E-state index < -0.39 is 13.0 Å². The van der Waals surface area contributed by atoms with Crippen LogP contribution in [0.15, 0.2) is 18.5 Å². The topological polar surface area (TPSA) is 51.6 Å². The van der Waals surface area contributed by atoms with Gasteiger partial charge < -0.3 is 9.84 Å². The highest BCUT2D eigenvalue weighted by atomic mass is 19.4. The summed E-state index contributed by atoms with van der Waals surface area (Å²) in [6.45, 7) is -1.14. The van der Waals surface area contributed by atoms with Crippen molar-refractivity contribution in [2.45, 2.75) is 6.36 Å². The SMILES string of the molecule is OCC#Cc1cncc(OCCOC(F)(F)F)c1. The number of aliphatic hydroxyl groups excluding tert-OH is 1. The summed E-state index contributed by atoms with van der Waals surface area (Å²) in [5.74, 6) is 5.29. The van der Waals surface area contributed by atoms with Gasteiger partial charge in [0.05, 0.1) is 12.8 Å². The van der Waals surface area contributed by atoms with Crippen molar-refractivity contribution in [1.29, 1.82) is 0 Å².